The van der Waals surface area contributed by atoms with Crippen LogP contribution in [0.2, 0.25) is 0 Å². The van der Waals surface area contributed by atoms with Gasteiger partial charge in [-0.1, -0.05) is 23.5 Å². The SMILES string of the molecule is CCOC(=O)C1=C(C)N=c2s/c(=C\c3ccc(OC(C)=O)c(Br)c3)c(=O)n2[C@H]1c1cccs1. The number of hydrogen-bond donors (Lipinski definition) is 0. The third-order valence-corrected chi connectivity index (χ3v) is 7.36. The number of thiophene rings is 1. The summed E-state index contributed by atoms with van der Waals surface area (Å²) in [6, 6.07) is 8.37. The summed E-state index contributed by atoms with van der Waals surface area (Å²) < 4.78 is 13.0. The van der Waals surface area contributed by atoms with Crippen molar-refractivity contribution < 1.29 is 19.1 Å². The smallest absolute Gasteiger partial charge is 0.338 e. The first kappa shape index (κ1) is 23.3. The standard InChI is InChI=1S/C23H19BrN2O5S2/c1-4-30-22(29)19-12(2)25-23-26(20(19)17-6-5-9-32-17)21(28)18(33-23)11-14-7-8-16(15(24)10-14)31-13(3)27/h5-11,20H,4H2,1-3H3/b18-11-/t20-/m0/s1. The van der Waals surface area contributed by atoms with E-state index in [9.17, 15) is 14.4 Å². The lowest BCUT2D eigenvalue weighted by Gasteiger charge is -2.23. The van der Waals surface area contributed by atoms with E-state index in [1.807, 2.05) is 17.5 Å². The monoisotopic (exact) mass is 546 g/mol. The van der Waals surface area contributed by atoms with E-state index in [1.165, 1.54) is 29.6 Å². The number of esters is 2. The summed E-state index contributed by atoms with van der Waals surface area (Å²) in [5.41, 5.74) is 1.41. The van der Waals surface area contributed by atoms with Gasteiger partial charge >= 0.3 is 11.9 Å². The van der Waals surface area contributed by atoms with Crippen molar-refractivity contribution in [3.05, 3.63) is 81.6 Å². The Balaban J connectivity index is 1.85. The van der Waals surface area contributed by atoms with Gasteiger partial charge in [-0.25, -0.2) is 9.79 Å². The molecule has 0 amide bonds. The van der Waals surface area contributed by atoms with E-state index in [0.717, 1.165) is 10.4 Å². The third kappa shape index (κ3) is 4.64. The van der Waals surface area contributed by atoms with Gasteiger partial charge in [-0.2, -0.15) is 0 Å². The number of halogens is 1. The zero-order chi connectivity index (χ0) is 23.7. The highest BCUT2D eigenvalue weighted by atomic mass is 79.9. The van der Waals surface area contributed by atoms with E-state index in [0.29, 0.717) is 30.8 Å². The first-order valence-corrected chi connectivity index (χ1v) is 12.5. The molecule has 33 heavy (non-hydrogen) atoms. The Hall–Kier alpha value is -2.82. The molecule has 170 valence electrons. The fourth-order valence-corrected chi connectivity index (χ4v) is 5.85. The number of nitrogens with zero attached hydrogens (tertiary/aromatic N) is 2. The molecule has 0 bridgehead atoms. The van der Waals surface area contributed by atoms with Crippen LogP contribution in [0, 0.1) is 0 Å². The zero-order valence-electron chi connectivity index (χ0n) is 18.0. The van der Waals surface area contributed by atoms with E-state index in [1.54, 1.807) is 42.7 Å². The van der Waals surface area contributed by atoms with Gasteiger partial charge in [0.15, 0.2) is 4.80 Å². The molecule has 2 aromatic heterocycles. The highest BCUT2D eigenvalue weighted by molar-refractivity contribution is 9.10. The normalized spacial score (nSPS) is 15.8. The van der Waals surface area contributed by atoms with Crippen LogP contribution in [0.5, 0.6) is 5.75 Å². The van der Waals surface area contributed by atoms with Crippen molar-refractivity contribution in [2.24, 2.45) is 4.99 Å². The summed E-state index contributed by atoms with van der Waals surface area (Å²) in [5, 5.41) is 1.91. The number of thiazole rings is 1. The number of ether oxygens (including phenoxy) is 2. The maximum absolute atomic E-state index is 13.5. The number of aromatic nitrogens is 1. The molecule has 0 unspecified atom stereocenters. The summed E-state index contributed by atoms with van der Waals surface area (Å²) >= 11 is 6.12. The Morgan fingerprint density at radius 1 is 1.30 bits per heavy atom. The number of fused-ring (bicyclic) bond motifs is 1. The van der Waals surface area contributed by atoms with E-state index in [-0.39, 0.29) is 12.2 Å². The molecule has 1 aliphatic heterocycles. The molecule has 0 N–H and O–H groups in total. The van der Waals surface area contributed by atoms with Gasteiger partial charge in [-0.05, 0) is 65.0 Å². The summed E-state index contributed by atoms with van der Waals surface area (Å²) in [4.78, 5) is 43.4. The quantitative estimate of drug-likeness (QED) is 0.360. The molecule has 0 saturated carbocycles. The number of hydrogen-bond acceptors (Lipinski definition) is 8. The highest BCUT2D eigenvalue weighted by Crippen LogP contribution is 2.33. The number of carbonyl (C=O) groups is 2. The molecular weight excluding hydrogens is 528 g/mol. The highest BCUT2D eigenvalue weighted by Gasteiger charge is 2.33. The van der Waals surface area contributed by atoms with Crippen LogP contribution in [0.1, 0.15) is 37.3 Å². The topological polar surface area (TPSA) is 87.0 Å². The number of rotatable bonds is 5. The fraction of sp³-hybridized carbons (Fsp3) is 0.217. The molecule has 1 aromatic carbocycles. The fourth-order valence-electron chi connectivity index (χ4n) is 3.50. The van der Waals surface area contributed by atoms with Gasteiger partial charge in [0, 0.05) is 11.8 Å². The number of benzene rings is 1. The van der Waals surface area contributed by atoms with E-state index >= 15 is 0 Å². The van der Waals surface area contributed by atoms with Gasteiger partial charge in [-0.3, -0.25) is 14.2 Å². The van der Waals surface area contributed by atoms with Crippen molar-refractivity contribution in [3.63, 3.8) is 0 Å². The minimum Gasteiger partial charge on any atom is -0.463 e. The van der Waals surface area contributed by atoms with Gasteiger partial charge < -0.3 is 9.47 Å². The molecule has 3 aromatic rings. The molecule has 1 aliphatic rings. The lowest BCUT2D eigenvalue weighted by Crippen LogP contribution is -2.39. The average Bonchev–Trinajstić information content (AvgIpc) is 3.38. The Morgan fingerprint density at radius 2 is 2.09 bits per heavy atom. The van der Waals surface area contributed by atoms with Crippen LogP contribution in [0.3, 0.4) is 0 Å². The summed E-state index contributed by atoms with van der Waals surface area (Å²) in [6.45, 7) is 5.07. The predicted octanol–water partition coefficient (Wildman–Crippen LogP) is 3.55. The first-order valence-electron chi connectivity index (χ1n) is 10.0. The summed E-state index contributed by atoms with van der Waals surface area (Å²) in [7, 11) is 0. The molecule has 1 atom stereocenters. The van der Waals surface area contributed by atoms with Crippen LogP contribution in [0.4, 0.5) is 0 Å². The Bertz CT molecular complexity index is 1450. The second-order valence-corrected chi connectivity index (χ2v) is 9.94. The second kappa shape index (κ2) is 9.58. The van der Waals surface area contributed by atoms with Crippen molar-refractivity contribution in [1.29, 1.82) is 0 Å². The minimum atomic E-state index is -0.597. The van der Waals surface area contributed by atoms with Crippen LogP contribution in [-0.2, 0) is 14.3 Å². The summed E-state index contributed by atoms with van der Waals surface area (Å²) in [6.07, 6.45) is 1.75. The number of carbonyl (C=O) groups excluding carboxylic acids is 2. The Morgan fingerprint density at radius 3 is 2.73 bits per heavy atom. The van der Waals surface area contributed by atoms with Crippen LogP contribution >= 0.6 is 38.6 Å². The van der Waals surface area contributed by atoms with Crippen LogP contribution in [0.15, 0.2) is 61.2 Å². The molecule has 10 heteroatoms. The minimum absolute atomic E-state index is 0.232. The molecule has 7 nitrogen and oxygen atoms in total. The molecule has 0 fully saturated rings. The number of allylic oxidation sites excluding steroid dienone is 1. The van der Waals surface area contributed by atoms with Crippen molar-refractivity contribution in [2.45, 2.75) is 26.8 Å². The molecule has 3 heterocycles. The zero-order valence-corrected chi connectivity index (χ0v) is 21.2. The van der Waals surface area contributed by atoms with E-state index in [2.05, 4.69) is 20.9 Å². The molecule has 0 saturated heterocycles. The van der Waals surface area contributed by atoms with E-state index < -0.39 is 18.0 Å². The van der Waals surface area contributed by atoms with Crippen molar-refractivity contribution in [1.82, 2.24) is 4.57 Å². The Labute approximate surface area is 205 Å². The summed E-state index contributed by atoms with van der Waals surface area (Å²) in [5.74, 6) is -0.497. The second-order valence-electron chi connectivity index (χ2n) is 7.10. The van der Waals surface area contributed by atoms with Gasteiger partial charge in [0.05, 0.1) is 26.9 Å². The largest absolute Gasteiger partial charge is 0.463 e. The molecule has 0 spiro atoms. The van der Waals surface area contributed by atoms with Crippen LogP contribution in [-0.4, -0.2) is 23.1 Å². The van der Waals surface area contributed by atoms with Crippen molar-refractivity contribution >= 4 is 56.6 Å². The van der Waals surface area contributed by atoms with Crippen molar-refractivity contribution in [2.75, 3.05) is 6.61 Å². The lowest BCUT2D eigenvalue weighted by atomic mass is 10.0. The van der Waals surface area contributed by atoms with Crippen LogP contribution < -0.4 is 19.6 Å². The van der Waals surface area contributed by atoms with Gasteiger partial charge in [0.2, 0.25) is 0 Å². The van der Waals surface area contributed by atoms with E-state index in [4.69, 9.17) is 9.47 Å². The molecule has 0 radical (unpaired) electrons. The average molecular weight is 547 g/mol. The molecular formula is C23H19BrN2O5S2. The molecule has 0 aliphatic carbocycles. The maximum Gasteiger partial charge on any atom is 0.338 e. The molecule has 4 rings (SSSR count). The first-order chi connectivity index (χ1) is 15.8. The van der Waals surface area contributed by atoms with Crippen LogP contribution in [0.25, 0.3) is 6.08 Å². The maximum atomic E-state index is 13.5. The van der Waals surface area contributed by atoms with Gasteiger partial charge in [-0.15, -0.1) is 11.3 Å². The van der Waals surface area contributed by atoms with Crippen molar-refractivity contribution in [3.8, 4) is 5.75 Å². The predicted molar refractivity (Wildman–Crippen MR) is 130 cm³/mol. The van der Waals surface area contributed by atoms with Gasteiger partial charge in [0.25, 0.3) is 5.56 Å². The lowest BCUT2D eigenvalue weighted by molar-refractivity contribution is -0.139. The van der Waals surface area contributed by atoms with Gasteiger partial charge in [0.1, 0.15) is 11.8 Å². The Kier molecular flexibility index (Phi) is 6.78. The third-order valence-electron chi connectivity index (χ3n) is 4.84.